The van der Waals surface area contributed by atoms with E-state index < -0.39 is 17.4 Å². The molecule has 9 nitrogen and oxygen atoms in total. The molecule has 42 heavy (non-hydrogen) atoms. The number of aromatic nitrogens is 1. The Hall–Kier alpha value is -3.17. The number of carboxylic acids is 1. The van der Waals surface area contributed by atoms with Crippen LogP contribution >= 0.6 is 11.6 Å². The molecule has 2 amide bonds. The van der Waals surface area contributed by atoms with Crippen molar-refractivity contribution < 1.29 is 24.2 Å². The Bertz CT molecular complexity index is 1380. The number of pyridine rings is 1. The van der Waals surface area contributed by atoms with E-state index >= 15 is 0 Å². The monoisotopic (exact) mass is 594 g/mol. The third kappa shape index (κ3) is 5.49. The fourth-order valence-electron chi connectivity index (χ4n) is 8.18. The van der Waals surface area contributed by atoms with Crippen molar-refractivity contribution in [1.29, 1.82) is 0 Å². The largest absolute Gasteiger partial charge is 0.492 e. The summed E-state index contributed by atoms with van der Waals surface area (Å²) in [5.74, 6) is -0.243. The van der Waals surface area contributed by atoms with E-state index in [9.17, 15) is 19.5 Å². The summed E-state index contributed by atoms with van der Waals surface area (Å²) in [5.41, 5.74) is 1.26. The minimum absolute atomic E-state index is 0.0160. The second kappa shape index (κ2) is 11.5. The summed E-state index contributed by atoms with van der Waals surface area (Å²) < 4.78 is 6.00. The zero-order chi connectivity index (χ0) is 29.6. The molecule has 3 atom stereocenters. The van der Waals surface area contributed by atoms with Crippen molar-refractivity contribution >= 4 is 35.1 Å². The molecule has 1 saturated heterocycles. The highest BCUT2D eigenvalue weighted by Crippen LogP contribution is 2.58. The molecule has 5 aliphatic rings. The van der Waals surface area contributed by atoms with Crippen LogP contribution in [0.5, 0.6) is 5.75 Å². The molecule has 1 aliphatic heterocycles. The van der Waals surface area contributed by atoms with Crippen LogP contribution in [0.25, 0.3) is 11.3 Å². The number of aliphatic carboxylic acids is 1. The lowest BCUT2D eigenvalue weighted by atomic mass is 9.48. The predicted octanol–water partition coefficient (Wildman–Crippen LogP) is 4.87. The number of carboxylic acid groups (broad SMARTS) is 1. The fraction of sp³-hybridized carbons (Fsp3) is 0.562. The van der Waals surface area contributed by atoms with Gasteiger partial charge in [0.1, 0.15) is 11.4 Å². The smallest absolute Gasteiger partial charge is 0.309 e. The number of rotatable bonds is 10. The Kier molecular flexibility index (Phi) is 7.91. The second-order valence-corrected chi connectivity index (χ2v) is 13.3. The van der Waals surface area contributed by atoms with Crippen molar-refractivity contribution in [2.24, 2.45) is 23.7 Å². The van der Waals surface area contributed by atoms with Crippen molar-refractivity contribution in [2.75, 3.05) is 38.7 Å². The van der Waals surface area contributed by atoms with Gasteiger partial charge in [-0.3, -0.25) is 14.4 Å². The lowest BCUT2D eigenvalue weighted by Gasteiger charge is -2.59. The predicted molar refractivity (Wildman–Crippen MR) is 160 cm³/mol. The summed E-state index contributed by atoms with van der Waals surface area (Å²) in [6.07, 6.45) is 6.43. The maximum Gasteiger partial charge on any atom is 0.309 e. The molecule has 2 N–H and O–H groups in total. The van der Waals surface area contributed by atoms with Gasteiger partial charge in [-0.1, -0.05) is 17.7 Å². The van der Waals surface area contributed by atoms with Gasteiger partial charge in [-0.25, -0.2) is 4.98 Å². The first-order valence-corrected chi connectivity index (χ1v) is 15.5. The quantitative estimate of drug-likeness (QED) is 0.378. The third-order valence-electron chi connectivity index (χ3n) is 9.62. The number of carbonyl (C=O) groups is 3. The van der Waals surface area contributed by atoms with Crippen LogP contribution in [-0.4, -0.2) is 72.1 Å². The maximum absolute atomic E-state index is 13.8. The molecule has 5 fully saturated rings. The van der Waals surface area contributed by atoms with Crippen LogP contribution in [-0.2, 0) is 9.59 Å². The molecule has 1 aromatic heterocycles. The van der Waals surface area contributed by atoms with Crippen LogP contribution in [0.15, 0.2) is 30.3 Å². The minimum Gasteiger partial charge on any atom is -0.492 e. The van der Waals surface area contributed by atoms with Gasteiger partial charge in [-0.2, -0.15) is 0 Å². The number of nitrogens with one attached hydrogen (secondary N) is 1. The highest BCUT2D eigenvalue weighted by Gasteiger charge is 2.60. The molecule has 10 heteroatoms. The number of ether oxygens (including phenoxy) is 1. The number of anilines is 1. The Labute approximate surface area is 251 Å². The molecule has 7 rings (SSSR count). The van der Waals surface area contributed by atoms with Gasteiger partial charge in [0, 0.05) is 25.1 Å². The number of hydrogen-bond acceptors (Lipinski definition) is 6. The van der Waals surface area contributed by atoms with Gasteiger partial charge in [0.15, 0.2) is 0 Å². The standard InChI is InChI=1S/C32H39ClN4O5/c1-36(2)10-4-12-42-26-16-21(6-7-23(26)33)29-25(37-11-3-5-27(37)38)9-8-24(34-29)30(39)35-32-17-19-13-20(18-32)15-22(14-19)28(32)31(40)41/h6-9,16,19-20,22,28H,3-5,10-15,17-18H2,1-2H3,(H,35,39)(H,40,41). The Morgan fingerprint density at radius 2 is 1.93 bits per heavy atom. The molecule has 4 aliphatic carbocycles. The summed E-state index contributed by atoms with van der Waals surface area (Å²) >= 11 is 6.48. The Morgan fingerprint density at radius 3 is 2.60 bits per heavy atom. The van der Waals surface area contributed by atoms with E-state index in [0.29, 0.717) is 72.0 Å². The molecule has 2 aromatic rings. The van der Waals surface area contributed by atoms with Crippen molar-refractivity contribution in [2.45, 2.75) is 56.9 Å². The molecule has 4 bridgehead atoms. The van der Waals surface area contributed by atoms with Gasteiger partial charge >= 0.3 is 5.97 Å². The van der Waals surface area contributed by atoms with E-state index in [1.807, 2.05) is 26.2 Å². The molecule has 0 spiro atoms. The minimum atomic E-state index is -0.824. The van der Waals surface area contributed by atoms with E-state index in [1.54, 1.807) is 23.1 Å². The molecule has 3 unspecified atom stereocenters. The summed E-state index contributed by atoms with van der Waals surface area (Å²) in [7, 11) is 4.02. The van der Waals surface area contributed by atoms with E-state index in [0.717, 1.165) is 38.6 Å². The first-order chi connectivity index (χ1) is 20.1. The van der Waals surface area contributed by atoms with Crippen LogP contribution in [0.1, 0.15) is 61.9 Å². The summed E-state index contributed by atoms with van der Waals surface area (Å²) in [5, 5.41) is 13.9. The topological polar surface area (TPSA) is 112 Å². The average molecular weight is 595 g/mol. The highest BCUT2D eigenvalue weighted by molar-refractivity contribution is 6.32. The van der Waals surface area contributed by atoms with Gasteiger partial charge in [0.05, 0.1) is 34.5 Å². The van der Waals surface area contributed by atoms with E-state index in [-0.39, 0.29) is 23.4 Å². The summed E-state index contributed by atoms with van der Waals surface area (Å²) in [6.45, 7) is 1.95. The van der Waals surface area contributed by atoms with Crippen LogP contribution in [0.3, 0.4) is 0 Å². The van der Waals surface area contributed by atoms with Crippen LogP contribution < -0.4 is 15.0 Å². The lowest BCUT2D eigenvalue weighted by molar-refractivity contribution is -0.159. The van der Waals surface area contributed by atoms with Crippen LogP contribution in [0.4, 0.5) is 5.69 Å². The number of carbonyl (C=O) groups excluding carboxylic acids is 2. The molecule has 4 saturated carbocycles. The number of amides is 2. The first kappa shape index (κ1) is 28.9. The van der Waals surface area contributed by atoms with Crippen molar-refractivity contribution in [1.82, 2.24) is 15.2 Å². The van der Waals surface area contributed by atoms with Gasteiger partial charge in [0.25, 0.3) is 5.91 Å². The van der Waals surface area contributed by atoms with Gasteiger partial charge in [-0.05, 0) is 101 Å². The van der Waals surface area contributed by atoms with Crippen molar-refractivity contribution in [3.8, 4) is 17.0 Å². The Balaban J connectivity index is 1.32. The molecular weight excluding hydrogens is 556 g/mol. The van der Waals surface area contributed by atoms with Gasteiger partial charge in [-0.15, -0.1) is 0 Å². The normalized spacial score (nSPS) is 28.0. The molecule has 224 valence electrons. The Morgan fingerprint density at radius 1 is 1.17 bits per heavy atom. The van der Waals surface area contributed by atoms with E-state index in [1.165, 1.54) is 0 Å². The number of benzene rings is 1. The molecular formula is C32H39ClN4O5. The fourth-order valence-corrected chi connectivity index (χ4v) is 8.36. The van der Waals surface area contributed by atoms with Crippen LogP contribution in [0, 0.1) is 23.7 Å². The van der Waals surface area contributed by atoms with E-state index in [4.69, 9.17) is 21.3 Å². The van der Waals surface area contributed by atoms with Crippen LogP contribution in [0.2, 0.25) is 5.02 Å². The van der Waals surface area contributed by atoms with Gasteiger partial charge in [0.2, 0.25) is 5.91 Å². The zero-order valence-corrected chi connectivity index (χ0v) is 25.0. The van der Waals surface area contributed by atoms with Gasteiger partial charge < -0.3 is 25.0 Å². The lowest BCUT2D eigenvalue weighted by Crippen LogP contribution is -2.67. The van der Waals surface area contributed by atoms with Crippen molar-refractivity contribution in [3.05, 3.63) is 41.0 Å². The SMILES string of the molecule is CN(C)CCCOc1cc(-c2nc(C(=O)NC34CC5CC(CC(C5)C3C(=O)O)C4)ccc2N2CCCC2=O)ccc1Cl. The highest BCUT2D eigenvalue weighted by atomic mass is 35.5. The number of nitrogens with zero attached hydrogens (tertiary/aromatic N) is 3. The first-order valence-electron chi connectivity index (χ1n) is 15.1. The second-order valence-electron chi connectivity index (χ2n) is 12.9. The molecule has 1 aromatic carbocycles. The van der Waals surface area contributed by atoms with E-state index in [2.05, 4.69) is 10.2 Å². The number of halogens is 1. The molecule has 0 radical (unpaired) electrons. The van der Waals surface area contributed by atoms with Crippen molar-refractivity contribution in [3.63, 3.8) is 0 Å². The zero-order valence-electron chi connectivity index (χ0n) is 24.3. The number of hydrogen-bond donors (Lipinski definition) is 2. The summed E-state index contributed by atoms with van der Waals surface area (Å²) in [6, 6.07) is 8.80. The summed E-state index contributed by atoms with van der Waals surface area (Å²) in [4.78, 5) is 47.6. The molecule has 2 heterocycles. The maximum atomic E-state index is 13.8. The third-order valence-corrected chi connectivity index (χ3v) is 9.93. The average Bonchev–Trinajstić information content (AvgIpc) is 3.36.